The lowest BCUT2D eigenvalue weighted by Crippen LogP contribution is -2.60. The fourth-order valence-electron chi connectivity index (χ4n) is 8.07. The monoisotopic (exact) mass is 957 g/mol. The first-order valence-corrected chi connectivity index (χ1v) is 28.2. The van der Waals surface area contributed by atoms with E-state index in [0.29, 0.717) is 19.3 Å². The first-order valence-electron chi connectivity index (χ1n) is 26.5. The van der Waals surface area contributed by atoms with E-state index in [1.807, 2.05) is 0 Å². The Morgan fingerprint density at radius 3 is 1.39 bits per heavy atom. The number of hydrogen-bond donors (Lipinski definition) is 4. The predicted octanol–water partition coefficient (Wildman–Crippen LogP) is 12.1. The minimum Gasteiger partial charge on any atom is -0.462 e. The number of esters is 2. The van der Waals surface area contributed by atoms with Crippen LogP contribution in [0.25, 0.3) is 0 Å². The van der Waals surface area contributed by atoms with Crippen molar-refractivity contribution < 1.29 is 56.8 Å². The van der Waals surface area contributed by atoms with Crippen LogP contribution in [0.4, 0.5) is 0 Å². The van der Waals surface area contributed by atoms with E-state index in [1.165, 1.54) is 148 Å². The number of carbonyl (C=O) groups excluding carboxylic acids is 2. The number of carbonyl (C=O) groups is 2. The molecule has 66 heavy (non-hydrogen) atoms. The van der Waals surface area contributed by atoms with Gasteiger partial charge in [-0.1, -0.05) is 192 Å². The van der Waals surface area contributed by atoms with Crippen molar-refractivity contribution in [3.8, 4) is 0 Å². The Morgan fingerprint density at radius 2 is 0.924 bits per heavy atom. The average molecular weight is 957 g/mol. The average Bonchev–Trinajstić information content (AvgIpc) is 3.28. The number of rotatable bonds is 45. The number of aliphatic hydroxyl groups is 3. The van der Waals surface area contributed by atoms with Gasteiger partial charge in [-0.2, -0.15) is 8.42 Å². The number of unbranched alkanes of at least 4 members (excludes halogenated alkanes) is 27. The summed E-state index contributed by atoms with van der Waals surface area (Å²) in [5.41, 5.74) is 0. The van der Waals surface area contributed by atoms with Crippen molar-refractivity contribution in [3.05, 3.63) is 36.5 Å². The van der Waals surface area contributed by atoms with Crippen molar-refractivity contribution in [1.82, 2.24) is 0 Å². The number of aliphatic hydroxyl groups excluding tert-OH is 3. The molecule has 1 heterocycles. The van der Waals surface area contributed by atoms with E-state index < -0.39 is 71.2 Å². The summed E-state index contributed by atoms with van der Waals surface area (Å²) in [5.74, 6) is -2.06. The molecule has 0 aromatic heterocycles. The molecule has 0 aromatic rings. The predicted molar refractivity (Wildman–Crippen MR) is 266 cm³/mol. The van der Waals surface area contributed by atoms with E-state index in [4.69, 9.17) is 18.9 Å². The Morgan fingerprint density at radius 1 is 0.515 bits per heavy atom. The highest BCUT2D eigenvalue weighted by Gasteiger charge is 2.46. The molecule has 0 bridgehead atoms. The molecule has 6 atom stereocenters. The molecule has 0 aromatic carbocycles. The van der Waals surface area contributed by atoms with Crippen LogP contribution in [0.3, 0.4) is 0 Å². The van der Waals surface area contributed by atoms with Crippen LogP contribution in [-0.2, 0) is 38.7 Å². The first kappa shape index (κ1) is 61.9. The van der Waals surface area contributed by atoms with Crippen LogP contribution in [0.2, 0.25) is 0 Å². The van der Waals surface area contributed by atoms with Crippen LogP contribution in [0.15, 0.2) is 36.5 Å². The van der Waals surface area contributed by atoms with Crippen molar-refractivity contribution >= 4 is 22.1 Å². The summed E-state index contributed by atoms with van der Waals surface area (Å²) >= 11 is 0. The topological polar surface area (TPSA) is 186 Å². The highest BCUT2D eigenvalue weighted by Crippen LogP contribution is 2.24. The minimum atomic E-state index is -4.61. The zero-order chi connectivity index (χ0) is 48.4. The Balaban J connectivity index is 2.37. The van der Waals surface area contributed by atoms with Crippen molar-refractivity contribution in [2.24, 2.45) is 0 Å². The third kappa shape index (κ3) is 36.9. The molecule has 1 saturated heterocycles. The second-order valence-electron chi connectivity index (χ2n) is 18.5. The van der Waals surface area contributed by atoms with Gasteiger partial charge in [0, 0.05) is 12.8 Å². The summed E-state index contributed by atoms with van der Waals surface area (Å²) in [5, 5.41) is 31.0. The molecular formula is C53H96O12S. The van der Waals surface area contributed by atoms with E-state index in [-0.39, 0.29) is 19.4 Å². The van der Waals surface area contributed by atoms with Gasteiger partial charge in [-0.05, 0) is 64.2 Å². The van der Waals surface area contributed by atoms with Crippen LogP contribution >= 0.6 is 0 Å². The number of allylic oxidation sites excluding steroid dienone is 6. The van der Waals surface area contributed by atoms with Gasteiger partial charge in [-0.15, -0.1) is 0 Å². The van der Waals surface area contributed by atoms with Gasteiger partial charge in [0.15, 0.2) is 12.4 Å². The molecule has 1 aliphatic heterocycles. The lowest BCUT2D eigenvalue weighted by atomic mass is 10.00. The van der Waals surface area contributed by atoms with E-state index in [0.717, 1.165) is 38.5 Å². The largest absolute Gasteiger partial charge is 0.462 e. The minimum absolute atomic E-state index is 0.111. The third-order valence-electron chi connectivity index (χ3n) is 12.2. The highest BCUT2D eigenvalue weighted by atomic mass is 32.2. The standard InChI is InChI=1S/C53H96O12S/c1-3-5-7-9-11-13-15-17-19-20-21-22-23-24-25-26-28-30-32-34-36-38-40-42-49(55)64-46(44-63-53-52(58)51(57)50(56)47(65-53)45-66(59,60)61)43-62-48(54)41-39-37-35-33-31-29-27-18-16-14-12-10-8-6-4-2/h18,27,31,33-34,36,46-47,50-53,56-58H,3-17,19-26,28-30,32,35,37-45H2,1-2H3,(H,59,60,61)/b27-18+,33-31+,36-34+/t46-,47-,50-,51?,52?,53+/m1/s1. The lowest BCUT2D eigenvalue weighted by molar-refractivity contribution is -0.297. The maximum Gasteiger partial charge on any atom is 0.306 e. The quantitative estimate of drug-likeness (QED) is 0.0196. The van der Waals surface area contributed by atoms with Gasteiger partial charge in [0.25, 0.3) is 10.1 Å². The highest BCUT2D eigenvalue weighted by molar-refractivity contribution is 7.85. The molecule has 0 spiro atoms. The molecule has 12 nitrogen and oxygen atoms in total. The van der Waals surface area contributed by atoms with E-state index >= 15 is 0 Å². The van der Waals surface area contributed by atoms with Crippen LogP contribution in [0, 0.1) is 0 Å². The summed E-state index contributed by atoms with van der Waals surface area (Å²) < 4.78 is 54.2. The van der Waals surface area contributed by atoms with E-state index in [9.17, 15) is 37.9 Å². The van der Waals surface area contributed by atoms with Gasteiger partial charge in [-0.3, -0.25) is 14.1 Å². The van der Waals surface area contributed by atoms with Gasteiger partial charge < -0.3 is 34.3 Å². The molecule has 0 saturated carbocycles. The fourth-order valence-corrected chi connectivity index (χ4v) is 8.76. The van der Waals surface area contributed by atoms with Gasteiger partial charge in [0.2, 0.25) is 0 Å². The maximum absolute atomic E-state index is 12.9. The number of hydrogen-bond acceptors (Lipinski definition) is 11. The van der Waals surface area contributed by atoms with Gasteiger partial charge in [0.05, 0.1) is 6.61 Å². The smallest absolute Gasteiger partial charge is 0.306 e. The zero-order valence-corrected chi connectivity index (χ0v) is 42.4. The van der Waals surface area contributed by atoms with Crippen molar-refractivity contribution in [3.63, 3.8) is 0 Å². The summed E-state index contributed by atoms with van der Waals surface area (Å²) in [6, 6.07) is 0. The van der Waals surface area contributed by atoms with Crippen LogP contribution in [-0.4, -0.2) is 96.0 Å². The SMILES string of the molecule is CCCCCCCC/C=C/C/C=C/CCCCC(=O)OC[C@H](CO[C@H]1O[C@H](CS(=O)(=O)O)[C@@H](O)C(O)C1O)OC(=O)CCC/C=C/CCCCCCCCCCCCCCCCCCCC. The molecule has 0 aliphatic carbocycles. The summed E-state index contributed by atoms with van der Waals surface area (Å²) in [6.45, 7) is 3.74. The molecule has 0 amide bonds. The molecule has 0 radical (unpaired) electrons. The molecule has 1 fully saturated rings. The summed E-state index contributed by atoms with van der Waals surface area (Å²) in [7, 11) is -4.61. The Bertz CT molecular complexity index is 1350. The molecule has 4 N–H and O–H groups in total. The molecule has 13 heteroatoms. The normalized spacial score (nSPS) is 19.6. The Hall–Kier alpha value is -2.13. The summed E-state index contributed by atoms with van der Waals surface area (Å²) in [4.78, 5) is 25.5. The Kier molecular flexibility index (Phi) is 40.3. The zero-order valence-electron chi connectivity index (χ0n) is 41.6. The Labute approximate surface area is 401 Å². The summed E-state index contributed by atoms with van der Waals surface area (Å²) in [6.07, 6.45) is 42.1. The van der Waals surface area contributed by atoms with E-state index in [1.54, 1.807) is 0 Å². The molecule has 1 rings (SSSR count). The van der Waals surface area contributed by atoms with Gasteiger partial charge in [-0.25, -0.2) is 0 Å². The van der Waals surface area contributed by atoms with Crippen LogP contribution < -0.4 is 0 Å². The third-order valence-corrected chi connectivity index (χ3v) is 12.9. The molecule has 1 aliphatic rings. The van der Waals surface area contributed by atoms with Crippen molar-refractivity contribution in [2.75, 3.05) is 19.0 Å². The first-order chi connectivity index (χ1) is 32.0. The van der Waals surface area contributed by atoms with Gasteiger partial charge >= 0.3 is 11.9 Å². The van der Waals surface area contributed by atoms with Crippen molar-refractivity contribution in [1.29, 1.82) is 0 Å². The molecular weight excluding hydrogens is 861 g/mol. The van der Waals surface area contributed by atoms with Gasteiger partial charge in [0.1, 0.15) is 36.8 Å². The van der Waals surface area contributed by atoms with Crippen LogP contribution in [0.1, 0.15) is 232 Å². The fraction of sp³-hybridized carbons (Fsp3) is 0.849. The second kappa shape index (κ2) is 42.9. The molecule has 386 valence electrons. The second-order valence-corrected chi connectivity index (χ2v) is 20.0. The van der Waals surface area contributed by atoms with E-state index in [2.05, 4.69) is 50.3 Å². The lowest BCUT2D eigenvalue weighted by Gasteiger charge is -2.40. The van der Waals surface area contributed by atoms with Crippen molar-refractivity contribution in [2.45, 2.75) is 269 Å². The number of ether oxygens (including phenoxy) is 4. The molecule has 2 unspecified atom stereocenters. The maximum atomic E-state index is 12.9. The van der Waals surface area contributed by atoms with Crippen LogP contribution in [0.5, 0.6) is 0 Å².